The van der Waals surface area contributed by atoms with Crippen molar-refractivity contribution >= 4 is 44.8 Å². The molecule has 37 heavy (non-hydrogen) atoms. The molecule has 0 unspecified atom stereocenters. The molecule has 0 aromatic heterocycles. The molecule has 0 saturated carbocycles. The van der Waals surface area contributed by atoms with Crippen LogP contribution in [0.5, 0.6) is 0 Å². The van der Waals surface area contributed by atoms with Crippen molar-refractivity contribution in [1.82, 2.24) is 5.32 Å². The van der Waals surface area contributed by atoms with E-state index in [0.717, 1.165) is 5.56 Å². The van der Waals surface area contributed by atoms with Crippen LogP contribution >= 0.6 is 11.6 Å². The minimum absolute atomic E-state index is 0.0508. The quantitative estimate of drug-likeness (QED) is 0.263. The topological polar surface area (TPSA) is 104 Å². The summed E-state index contributed by atoms with van der Waals surface area (Å²) >= 11 is 6.30. The van der Waals surface area contributed by atoms with Gasteiger partial charge in [-0.15, -0.1) is 0 Å². The van der Waals surface area contributed by atoms with Crippen molar-refractivity contribution < 1.29 is 18.0 Å². The summed E-state index contributed by atoms with van der Waals surface area (Å²) in [6, 6.07) is 28.1. The van der Waals surface area contributed by atoms with E-state index in [1.54, 1.807) is 42.5 Å². The van der Waals surface area contributed by atoms with Gasteiger partial charge in [0.2, 0.25) is 0 Å². The van der Waals surface area contributed by atoms with Gasteiger partial charge >= 0.3 is 0 Å². The molecule has 2 amide bonds. The van der Waals surface area contributed by atoms with Crippen LogP contribution in [-0.4, -0.2) is 20.2 Å². The van der Waals surface area contributed by atoms with Crippen LogP contribution in [0.1, 0.15) is 39.2 Å². The summed E-state index contributed by atoms with van der Waals surface area (Å²) < 4.78 is 27.6. The maximum Gasteiger partial charge on any atom is 0.261 e. The first-order valence-electron chi connectivity index (χ1n) is 11.4. The number of rotatable bonds is 8. The van der Waals surface area contributed by atoms with Gasteiger partial charge in [-0.3, -0.25) is 14.3 Å². The Labute approximate surface area is 220 Å². The molecule has 0 radical (unpaired) electrons. The van der Waals surface area contributed by atoms with E-state index in [1.165, 1.54) is 30.3 Å². The number of carbonyl (C=O) groups is 2. The molecular weight excluding hydrogens is 510 g/mol. The highest BCUT2D eigenvalue weighted by Gasteiger charge is 2.19. The van der Waals surface area contributed by atoms with Gasteiger partial charge < -0.3 is 10.6 Å². The van der Waals surface area contributed by atoms with Crippen molar-refractivity contribution in [2.45, 2.75) is 17.9 Å². The van der Waals surface area contributed by atoms with E-state index in [0.29, 0.717) is 11.3 Å². The lowest BCUT2D eigenvalue weighted by molar-refractivity contribution is 0.0940. The number of amides is 2. The fraction of sp³-hybridized carbons (Fsp3) is 0.0714. The molecule has 0 spiro atoms. The summed E-state index contributed by atoms with van der Waals surface area (Å²) in [7, 11) is -3.84. The summed E-state index contributed by atoms with van der Waals surface area (Å²) in [5, 5.41) is 5.74. The third-order valence-corrected chi connectivity index (χ3v) is 7.29. The van der Waals surface area contributed by atoms with Gasteiger partial charge in [0.05, 0.1) is 32.9 Å². The Morgan fingerprint density at radius 2 is 1.38 bits per heavy atom. The number of carbonyl (C=O) groups excluding carboxylic acids is 2. The minimum atomic E-state index is -3.84. The molecule has 0 aliphatic rings. The fourth-order valence-electron chi connectivity index (χ4n) is 3.63. The Morgan fingerprint density at radius 3 is 2.05 bits per heavy atom. The van der Waals surface area contributed by atoms with E-state index in [-0.39, 0.29) is 33.1 Å². The monoisotopic (exact) mass is 533 g/mol. The van der Waals surface area contributed by atoms with E-state index in [9.17, 15) is 18.0 Å². The molecule has 4 aromatic rings. The van der Waals surface area contributed by atoms with Crippen LogP contribution in [0.4, 0.5) is 11.4 Å². The first-order chi connectivity index (χ1) is 17.7. The average molecular weight is 534 g/mol. The van der Waals surface area contributed by atoms with Crippen molar-refractivity contribution in [3.63, 3.8) is 0 Å². The molecule has 188 valence electrons. The first kappa shape index (κ1) is 25.9. The van der Waals surface area contributed by atoms with Crippen molar-refractivity contribution in [1.29, 1.82) is 0 Å². The van der Waals surface area contributed by atoms with Gasteiger partial charge in [-0.25, -0.2) is 8.42 Å². The van der Waals surface area contributed by atoms with E-state index < -0.39 is 15.9 Å². The second-order valence-electron chi connectivity index (χ2n) is 8.22. The molecular formula is C28H24ClN3O4S. The molecule has 0 aliphatic heterocycles. The first-order valence-corrected chi connectivity index (χ1v) is 13.2. The molecule has 4 rings (SSSR count). The van der Waals surface area contributed by atoms with Crippen molar-refractivity contribution in [3.05, 3.63) is 125 Å². The zero-order valence-corrected chi connectivity index (χ0v) is 21.4. The average Bonchev–Trinajstić information content (AvgIpc) is 2.91. The summed E-state index contributed by atoms with van der Waals surface area (Å²) in [5.41, 5.74) is 1.92. The van der Waals surface area contributed by atoms with Crippen LogP contribution in [0.3, 0.4) is 0 Å². The second-order valence-corrected chi connectivity index (χ2v) is 10.3. The normalized spacial score (nSPS) is 11.8. The van der Waals surface area contributed by atoms with Gasteiger partial charge in [0.25, 0.3) is 21.8 Å². The van der Waals surface area contributed by atoms with Gasteiger partial charge in [0.15, 0.2) is 0 Å². The number of benzene rings is 4. The maximum absolute atomic E-state index is 13.0. The lowest BCUT2D eigenvalue weighted by atomic mass is 10.1. The maximum atomic E-state index is 13.0. The van der Waals surface area contributed by atoms with Crippen LogP contribution in [0.15, 0.2) is 108 Å². The number of halogens is 1. The smallest absolute Gasteiger partial charge is 0.261 e. The zero-order valence-electron chi connectivity index (χ0n) is 19.8. The third kappa shape index (κ3) is 6.35. The Morgan fingerprint density at radius 1 is 0.757 bits per heavy atom. The predicted molar refractivity (Wildman–Crippen MR) is 145 cm³/mol. The fourth-order valence-corrected chi connectivity index (χ4v) is 5.01. The second kappa shape index (κ2) is 11.3. The molecule has 7 nitrogen and oxygen atoms in total. The number of hydrogen-bond donors (Lipinski definition) is 3. The van der Waals surface area contributed by atoms with Gasteiger partial charge in [-0.2, -0.15) is 0 Å². The summed E-state index contributed by atoms with van der Waals surface area (Å²) in [6.07, 6.45) is 0. The van der Waals surface area contributed by atoms with E-state index in [1.807, 2.05) is 37.3 Å². The van der Waals surface area contributed by atoms with Crippen LogP contribution in [-0.2, 0) is 10.0 Å². The minimum Gasteiger partial charge on any atom is -0.345 e. The summed E-state index contributed by atoms with van der Waals surface area (Å²) in [5.74, 6) is -0.841. The van der Waals surface area contributed by atoms with Gasteiger partial charge in [0.1, 0.15) is 0 Å². The van der Waals surface area contributed by atoms with Gasteiger partial charge in [-0.1, -0.05) is 72.3 Å². The standard InChI is InChI=1S/C28H24ClN3O4S/c1-19(20-10-4-2-5-11-20)30-28(34)23-14-8-9-15-25(23)31-27(33)21-16-17-26(24(29)18-21)32-37(35,36)22-12-6-3-7-13-22/h2-19,32H,1H3,(H,30,34)(H,31,33)/t19-/m0/s1. The van der Waals surface area contributed by atoms with Gasteiger partial charge in [0, 0.05) is 5.56 Å². The lowest BCUT2D eigenvalue weighted by Gasteiger charge is -2.16. The van der Waals surface area contributed by atoms with Crippen LogP contribution in [0, 0.1) is 0 Å². The van der Waals surface area contributed by atoms with Crippen LogP contribution in [0.2, 0.25) is 5.02 Å². The van der Waals surface area contributed by atoms with Crippen molar-refractivity contribution in [2.24, 2.45) is 0 Å². The molecule has 9 heteroatoms. The SMILES string of the molecule is C[C@H](NC(=O)c1ccccc1NC(=O)c1ccc(NS(=O)(=O)c2ccccc2)c(Cl)c1)c1ccccc1. The summed E-state index contributed by atoms with van der Waals surface area (Å²) in [4.78, 5) is 26.0. The molecule has 0 fully saturated rings. The highest BCUT2D eigenvalue weighted by Crippen LogP contribution is 2.27. The van der Waals surface area contributed by atoms with Crippen LogP contribution < -0.4 is 15.4 Å². The van der Waals surface area contributed by atoms with Gasteiger partial charge in [-0.05, 0) is 55.0 Å². The Hall–Kier alpha value is -4.14. The molecule has 0 bridgehead atoms. The number of hydrogen-bond acceptors (Lipinski definition) is 4. The largest absolute Gasteiger partial charge is 0.345 e. The molecule has 3 N–H and O–H groups in total. The Bertz CT molecular complexity index is 1530. The number of nitrogens with one attached hydrogen (secondary N) is 3. The number of sulfonamides is 1. The number of anilines is 2. The predicted octanol–water partition coefficient (Wildman–Crippen LogP) is 5.88. The zero-order chi connectivity index (χ0) is 26.4. The Balaban J connectivity index is 1.48. The highest BCUT2D eigenvalue weighted by molar-refractivity contribution is 7.92. The highest BCUT2D eigenvalue weighted by atomic mass is 35.5. The van der Waals surface area contributed by atoms with E-state index >= 15 is 0 Å². The molecule has 1 atom stereocenters. The summed E-state index contributed by atoms with van der Waals surface area (Å²) in [6.45, 7) is 1.88. The van der Waals surface area contributed by atoms with E-state index in [2.05, 4.69) is 15.4 Å². The number of para-hydroxylation sites is 1. The molecule has 0 saturated heterocycles. The molecule has 0 aliphatic carbocycles. The van der Waals surface area contributed by atoms with E-state index in [4.69, 9.17) is 11.6 Å². The van der Waals surface area contributed by atoms with Crippen LogP contribution in [0.25, 0.3) is 0 Å². The Kier molecular flexibility index (Phi) is 7.91. The molecule has 0 heterocycles. The van der Waals surface area contributed by atoms with Crippen molar-refractivity contribution in [2.75, 3.05) is 10.0 Å². The third-order valence-electron chi connectivity index (χ3n) is 5.60. The lowest BCUT2D eigenvalue weighted by Crippen LogP contribution is -2.28. The van der Waals surface area contributed by atoms with Crippen molar-refractivity contribution in [3.8, 4) is 0 Å². The molecule has 4 aromatic carbocycles.